The molecule has 9 heteroatoms. The summed E-state index contributed by atoms with van der Waals surface area (Å²) in [7, 11) is 0. The van der Waals surface area contributed by atoms with Gasteiger partial charge in [0.1, 0.15) is 5.75 Å². The predicted molar refractivity (Wildman–Crippen MR) is 97.0 cm³/mol. The predicted octanol–water partition coefficient (Wildman–Crippen LogP) is 6.29. The molecule has 2 rings (SSSR count). The summed E-state index contributed by atoms with van der Waals surface area (Å²) in [5.74, 6) is -0.164. The van der Waals surface area contributed by atoms with E-state index in [9.17, 15) is 18.0 Å². The number of benzene rings is 2. The Morgan fingerprint density at radius 2 is 1.88 bits per heavy atom. The minimum absolute atomic E-state index is 0.0213. The molecular formula is C16H11Br2ClF3NO2. The molecule has 134 valence electrons. The molecule has 1 atom stereocenters. The molecule has 0 fully saturated rings. The van der Waals surface area contributed by atoms with E-state index in [-0.39, 0.29) is 5.69 Å². The Bertz CT molecular complexity index is 799. The van der Waals surface area contributed by atoms with E-state index < -0.39 is 28.8 Å². The highest BCUT2D eigenvalue weighted by molar-refractivity contribution is 9.11. The first-order valence-corrected chi connectivity index (χ1v) is 8.83. The van der Waals surface area contributed by atoms with E-state index in [1.54, 1.807) is 18.2 Å². The number of nitrogens with one attached hydrogen (secondary N) is 1. The van der Waals surface area contributed by atoms with Crippen LogP contribution in [0.1, 0.15) is 12.5 Å². The van der Waals surface area contributed by atoms with Crippen molar-refractivity contribution in [2.45, 2.75) is 19.2 Å². The molecule has 3 nitrogen and oxygen atoms in total. The van der Waals surface area contributed by atoms with Crippen LogP contribution in [0.5, 0.6) is 5.75 Å². The van der Waals surface area contributed by atoms with Gasteiger partial charge in [0, 0.05) is 10.2 Å². The summed E-state index contributed by atoms with van der Waals surface area (Å²) in [6, 6.07) is 8.29. The molecule has 0 spiro atoms. The van der Waals surface area contributed by atoms with Gasteiger partial charge in [-0.2, -0.15) is 13.2 Å². The first-order valence-electron chi connectivity index (χ1n) is 6.87. The van der Waals surface area contributed by atoms with Gasteiger partial charge in [-0.25, -0.2) is 0 Å². The van der Waals surface area contributed by atoms with Crippen molar-refractivity contribution in [1.82, 2.24) is 0 Å². The minimum Gasteiger partial charge on any atom is -0.480 e. The van der Waals surface area contributed by atoms with Crippen molar-refractivity contribution in [1.29, 1.82) is 0 Å². The summed E-state index contributed by atoms with van der Waals surface area (Å²) in [5.41, 5.74) is -1.04. The lowest BCUT2D eigenvalue weighted by Gasteiger charge is -2.17. The van der Waals surface area contributed by atoms with Gasteiger partial charge in [-0.1, -0.05) is 27.5 Å². The molecule has 1 amide bonds. The Hall–Kier alpha value is -1.25. The fourth-order valence-corrected chi connectivity index (χ4v) is 3.24. The third-order valence-corrected chi connectivity index (χ3v) is 4.55. The summed E-state index contributed by atoms with van der Waals surface area (Å²) in [6.07, 6.45) is -5.54. The molecule has 2 aromatic carbocycles. The summed E-state index contributed by atoms with van der Waals surface area (Å²) in [6.45, 7) is 1.49. The Morgan fingerprint density at radius 3 is 2.48 bits per heavy atom. The van der Waals surface area contributed by atoms with Crippen LogP contribution < -0.4 is 10.1 Å². The van der Waals surface area contributed by atoms with Crippen LogP contribution in [-0.2, 0) is 11.0 Å². The van der Waals surface area contributed by atoms with Gasteiger partial charge in [-0.05, 0) is 59.3 Å². The van der Waals surface area contributed by atoms with Gasteiger partial charge < -0.3 is 10.1 Å². The van der Waals surface area contributed by atoms with Crippen LogP contribution in [0.4, 0.5) is 18.9 Å². The van der Waals surface area contributed by atoms with E-state index in [1.807, 2.05) is 0 Å². The molecule has 0 saturated heterocycles. The highest BCUT2D eigenvalue weighted by Crippen LogP contribution is 2.36. The molecule has 0 aliphatic carbocycles. The second-order valence-electron chi connectivity index (χ2n) is 5.02. The van der Waals surface area contributed by atoms with Crippen LogP contribution in [-0.4, -0.2) is 12.0 Å². The topological polar surface area (TPSA) is 38.3 Å². The number of hydrogen-bond acceptors (Lipinski definition) is 2. The van der Waals surface area contributed by atoms with Gasteiger partial charge in [-0.3, -0.25) is 4.79 Å². The van der Waals surface area contributed by atoms with E-state index >= 15 is 0 Å². The largest absolute Gasteiger partial charge is 0.480 e. The number of carbonyl (C=O) groups is 1. The van der Waals surface area contributed by atoms with Crippen LogP contribution in [0.25, 0.3) is 0 Å². The molecule has 1 N–H and O–H groups in total. The van der Waals surface area contributed by atoms with Crippen molar-refractivity contribution < 1.29 is 22.7 Å². The second-order valence-corrected chi connectivity index (χ2v) is 7.19. The number of amides is 1. The maximum absolute atomic E-state index is 12.9. The molecule has 25 heavy (non-hydrogen) atoms. The maximum Gasteiger partial charge on any atom is 0.417 e. The number of halogens is 6. The fourth-order valence-electron chi connectivity index (χ4n) is 1.88. The lowest BCUT2D eigenvalue weighted by Crippen LogP contribution is -2.30. The highest BCUT2D eigenvalue weighted by atomic mass is 79.9. The van der Waals surface area contributed by atoms with Gasteiger partial charge in [0.25, 0.3) is 5.91 Å². The summed E-state index contributed by atoms with van der Waals surface area (Å²) in [5, 5.41) is 1.95. The van der Waals surface area contributed by atoms with Gasteiger partial charge in [0.05, 0.1) is 15.1 Å². The molecule has 0 radical (unpaired) electrons. The molecule has 0 bridgehead atoms. The first kappa shape index (κ1) is 20.1. The van der Waals surface area contributed by atoms with Gasteiger partial charge in [0.2, 0.25) is 0 Å². The van der Waals surface area contributed by atoms with Crippen LogP contribution in [0.15, 0.2) is 45.3 Å². The molecule has 0 saturated carbocycles. The van der Waals surface area contributed by atoms with E-state index in [4.69, 9.17) is 16.3 Å². The minimum atomic E-state index is -4.61. The molecule has 0 aliphatic heterocycles. The molecule has 0 aromatic heterocycles. The SMILES string of the molecule is CC(Oc1ccc(Br)cc1Br)C(=O)Nc1ccc(Cl)c(C(F)(F)F)c1. The number of anilines is 1. The Kier molecular flexibility index (Phi) is 6.40. The average molecular weight is 502 g/mol. The monoisotopic (exact) mass is 499 g/mol. The highest BCUT2D eigenvalue weighted by Gasteiger charge is 2.33. The maximum atomic E-state index is 12.9. The number of alkyl halides is 3. The third-order valence-electron chi connectivity index (χ3n) is 3.11. The second kappa shape index (κ2) is 7.97. The zero-order valence-corrected chi connectivity index (χ0v) is 16.6. The summed E-state index contributed by atoms with van der Waals surface area (Å²) in [4.78, 5) is 12.2. The molecule has 0 aliphatic rings. The molecule has 0 heterocycles. The first-order chi connectivity index (χ1) is 11.6. The quantitative estimate of drug-likeness (QED) is 0.535. The van der Waals surface area contributed by atoms with E-state index in [0.29, 0.717) is 10.2 Å². The third kappa shape index (κ3) is 5.36. The van der Waals surface area contributed by atoms with Gasteiger partial charge in [-0.15, -0.1) is 0 Å². The van der Waals surface area contributed by atoms with Crippen molar-refractivity contribution in [3.8, 4) is 5.75 Å². The van der Waals surface area contributed by atoms with Gasteiger partial charge >= 0.3 is 6.18 Å². The van der Waals surface area contributed by atoms with Crippen molar-refractivity contribution >= 4 is 55.1 Å². The normalized spacial score (nSPS) is 12.6. The molecule has 2 aromatic rings. The van der Waals surface area contributed by atoms with Crippen molar-refractivity contribution in [2.24, 2.45) is 0 Å². The van der Waals surface area contributed by atoms with E-state index in [1.165, 1.54) is 13.0 Å². The van der Waals surface area contributed by atoms with Crippen molar-refractivity contribution in [3.63, 3.8) is 0 Å². The number of rotatable bonds is 4. The average Bonchev–Trinajstić information content (AvgIpc) is 2.50. The fraction of sp³-hybridized carbons (Fsp3) is 0.188. The van der Waals surface area contributed by atoms with Crippen molar-refractivity contribution in [3.05, 3.63) is 55.9 Å². The zero-order valence-electron chi connectivity index (χ0n) is 12.6. The van der Waals surface area contributed by atoms with Crippen LogP contribution >= 0.6 is 43.5 Å². The number of ether oxygens (including phenoxy) is 1. The lowest BCUT2D eigenvalue weighted by molar-refractivity contribution is -0.137. The van der Waals surface area contributed by atoms with Crippen LogP contribution in [0.2, 0.25) is 5.02 Å². The Morgan fingerprint density at radius 1 is 1.20 bits per heavy atom. The van der Waals surface area contributed by atoms with Crippen LogP contribution in [0.3, 0.4) is 0 Å². The molecular weight excluding hydrogens is 490 g/mol. The van der Waals surface area contributed by atoms with E-state index in [0.717, 1.165) is 16.6 Å². The standard InChI is InChI=1S/C16H11Br2ClF3NO2/c1-8(25-14-5-2-9(17)6-12(14)18)15(24)23-10-3-4-13(19)11(7-10)16(20,21)22/h2-8H,1H3,(H,23,24). The number of carbonyl (C=O) groups excluding carboxylic acids is 1. The van der Waals surface area contributed by atoms with E-state index in [2.05, 4.69) is 37.2 Å². The lowest BCUT2D eigenvalue weighted by atomic mass is 10.2. The summed E-state index contributed by atoms with van der Waals surface area (Å²) >= 11 is 12.2. The van der Waals surface area contributed by atoms with Crippen LogP contribution in [0, 0.1) is 0 Å². The zero-order chi connectivity index (χ0) is 18.8. The summed E-state index contributed by atoms with van der Waals surface area (Å²) < 4.78 is 45.6. The molecule has 1 unspecified atom stereocenters. The smallest absolute Gasteiger partial charge is 0.417 e. The number of hydrogen-bond donors (Lipinski definition) is 1. The van der Waals surface area contributed by atoms with Gasteiger partial charge in [0.15, 0.2) is 6.10 Å². The Labute approximate surface area is 163 Å². The van der Waals surface area contributed by atoms with Crippen molar-refractivity contribution in [2.75, 3.05) is 5.32 Å². The Balaban J connectivity index is 2.11.